The van der Waals surface area contributed by atoms with Crippen LogP contribution >= 0.6 is 11.6 Å². The van der Waals surface area contributed by atoms with Crippen LogP contribution in [-0.4, -0.2) is 28.9 Å². The van der Waals surface area contributed by atoms with E-state index in [0.29, 0.717) is 12.8 Å². The van der Waals surface area contributed by atoms with Crippen LogP contribution in [0.15, 0.2) is 18.2 Å². The van der Waals surface area contributed by atoms with Gasteiger partial charge in [0.2, 0.25) is 5.91 Å². The summed E-state index contributed by atoms with van der Waals surface area (Å²) in [7, 11) is 0. The summed E-state index contributed by atoms with van der Waals surface area (Å²) in [5.41, 5.74) is -0.867. The number of anilines is 1. The van der Waals surface area contributed by atoms with Gasteiger partial charge in [-0.25, -0.2) is 0 Å². The zero-order valence-corrected chi connectivity index (χ0v) is 16.4. The third-order valence-corrected chi connectivity index (χ3v) is 4.57. The fourth-order valence-corrected chi connectivity index (χ4v) is 3.28. The number of carbonyl (C=O) groups is 1. The van der Waals surface area contributed by atoms with E-state index in [1.54, 1.807) is 6.92 Å². The van der Waals surface area contributed by atoms with Crippen LogP contribution in [0, 0.1) is 0 Å². The Balaban J connectivity index is 1.78. The summed E-state index contributed by atoms with van der Waals surface area (Å²) in [5.74, 6) is -1.08. The van der Waals surface area contributed by atoms with Gasteiger partial charge in [-0.1, -0.05) is 11.6 Å². The third-order valence-electron chi connectivity index (χ3n) is 4.20. The third kappa shape index (κ3) is 5.13. The van der Waals surface area contributed by atoms with Crippen molar-refractivity contribution in [3.8, 4) is 11.5 Å². The summed E-state index contributed by atoms with van der Waals surface area (Å²) in [6.07, 6.45) is -3.42. The Morgan fingerprint density at radius 3 is 2.60 bits per heavy atom. The van der Waals surface area contributed by atoms with Crippen molar-refractivity contribution in [2.45, 2.75) is 45.0 Å². The van der Waals surface area contributed by atoms with Gasteiger partial charge in [0.05, 0.1) is 17.3 Å². The molecule has 1 aromatic carbocycles. The van der Waals surface area contributed by atoms with Gasteiger partial charge in [-0.2, -0.15) is 27.1 Å². The molecule has 1 fully saturated rings. The molecule has 30 heavy (non-hydrogen) atoms. The fourth-order valence-electron chi connectivity index (χ4n) is 2.89. The average Bonchev–Trinajstić information content (AvgIpc) is 3.40. The van der Waals surface area contributed by atoms with Gasteiger partial charge in [-0.05, 0) is 31.9 Å². The molecule has 0 unspecified atom stereocenters. The number of alkyl halides is 5. The lowest BCUT2D eigenvalue weighted by Gasteiger charge is -2.13. The second-order valence-corrected chi connectivity index (χ2v) is 6.88. The number of benzene rings is 1. The van der Waals surface area contributed by atoms with Crippen molar-refractivity contribution in [3.05, 3.63) is 34.6 Å². The highest BCUT2D eigenvalue weighted by molar-refractivity contribution is 6.32. The second-order valence-electron chi connectivity index (χ2n) is 6.50. The fraction of sp³-hybridized carbons (Fsp3) is 0.444. The summed E-state index contributed by atoms with van der Waals surface area (Å²) < 4.78 is 74.8. The van der Waals surface area contributed by atoms with Gasteiger partial charge in [-0.3, -0.25) is 9.48 Å². The Labute approximate surface area is 172 Å². The zero-order valence-electron chi connectivity index (χ0n) is 15.6. The predicted molar refractivity (Wildman–Crippen MR) is 97.1 cm³/mol. The lowest BCUT2D eigenvalue weighted by atomic mass is 10.2. The highest BCUT2D eigenvalue weighted by atomic mass is 35.5. The molecule has 1 aliphatic rings. The van der Waals surface area contributed by atoms with Crippen LogP contribution in [0.4, 0.5) is 27.6 Å². The van der Waals surface area contributed by atoms with Crippen molar-refractivity contribution in [2.24, 2.45) is 0 Å². The van der Waals surface area contributed by atoms with E-state index in [2.05, 4.69) is 15.2 Å². The first-order valence-electron chi connectivity index (χ1n) is 8.95. The summed E-state index contributed by atoms with van der Waals surface area (Å²) in [6.45, 7) is -1.76. The van der Waals surface area contributed by atoms with E-state index in [0.717, 1.165) is 4.68 Å². The van der Waals surface area contributed by atoms with Crippen LogP contribution in [0.3, 0.4) is 0 Å². The van der Waals surface area contributed by atoms with Crippen molar-refractivity contribution in [1.82, 2.24) is 9.78 Å². The van der Waals surface area contributed by atoms with Gasteiger partial charge in [0.1, 0.15) is 6.54 Å². The molecule has 0 atom stereocenters. The molecule has 1 heterocycles. The smallest absolute Gasteiger partial charge is 0.436 e. The standard InChI is InChI=1S/C18H17ClF5N3O3/c1-2-29-12-7-10(5-6-11(12)30-17(20)21)25-13(28)8-27-15(9-3-4-9)14(19)16(26-27)18(22,23)24/h5-7,9,17H,2-4,8H2,1H3,(H,25,28). The van der Waals surface area contributed by atoms with Crippen LogP contribution in [0.25, 0.3) is 0 Å². The topological polar surface area (TPSA) is 65.4 Å². The van der Waals surface area contributed by atoms with Gasteiger partial charge < -0.3 is 14.8 Å². The van der Waals surface area contributed by atoms with Gasteiger partial charge in [0.15, 0.2) is 17.2 Å². The average molecular weight is 454 g/mol. The minimum Gasteiger partial charge on any atom is -0.490 e. The predicted octanol–water partition coefficient (Wildman–Crippen LogP) is 5.07. The van der Waals surface area contributed by atoms with Crippen molar-refractivity contribution >= 4 is 23.2 Å². The first-order valence-corrected chi connectivity index (χ1v) is 9.32. The number of ether oxygens (including phenoxy) is 2. The number of nitrogens with one attached hydrogen (secondary N) is 1. The molecule has 1 N–H and O–H groups in total. The summed E-state index contributed by atoms with van der Waals surface area (Å²) in [6, 6.07) is 3.77. The number of hydrogen-bond donors (Lipinski definition) is 1. The number of halogens is 6. The highest BCUT2D eigenvalue weighted by Crippen LogP contribution is 2.46. The highest BCUT2D eigenvalue weighted by Gasteiger charge is 2.42. The number of amides is 1. The molecule has 0 aliphatic heterocycles. The molecule has 1 aromatic heterocycles. The largest absolute Gasteiger partial charge is 0.490 e. The Bertz CT molecular complexity index is 929. The number of carbonyl (C=O) groups excluding carboxylic acids is 1. The maximum absolute atomic E-state index is 13.1. The van der Waals surface area contributed by atoms with Crippen molar-refractivity contribution in [3.63, 3.8) is 0 Å². The number of nitrogens with zero attached hydrogens (tertiary/aromatic N) is 2. The quantitative estimate of drug-likeness (QED) is 0.567. The van der Waals surface area contributed by atoms with Crippen LogP contribution in [0.5, 0.6) is 11.5 Å². The van der Waals surface area contributed by atoms with Crippen LogP contribution in [0.1, 0.15) is 37.1 Å². The summed E-state index contributed by atoms with van der Waals surface area (Å²) >= 11 is 5.88. The van der Waals surface area contributed by atoms with E-state index in [9.17, 15) is 26.7 Å². The maximum Gasteiger partial charge on any atom is 0.436 e. The molecule has 0 saturated heterocycles. The van der Waals surface area contributed by atoms with Crippen LogP contribution < -0.4 is 14.8 Å². The van der Waals surface area contributed by atoms with E-state index in [1.807, 2.05) is 0 Å². The zero-order chi connectivity index (χ0) is 22.1. The number of aromatic nitrogens is 2. The molecule has 12 heteroatoms. The lowest BCUT2D eigenvalue weighted by Crippen LogP contribution is -2.21. The molecule has 3 rings (SSSR count). The Hall–Kier alpha value is -2.56. The molecule has 0 radical (unpaired) electrons. The van der Waals surface area contributed by atoms with E-state index in [4.69, 9.17) is 16.3 Å². The molecule has 0 spiro atoms. The normalized spacial score (nSPS) is 14.1. The van der Waals surface area contributed by atoms with E-state index < -0.39 is 36.0 Å². The Morgan fingerprint density at radius 2 is 2.03 bits per heavy atom. The minimum atomic E-state index is -4.74. The molecule has 1 amide bonds. The molecule has 1 saturated carbocycles. The van der Waals surface area contributed by atoms with Gasteiger partial charge in [0, 0.05) is 17.7 Å². The van der Waals surface area contributed by atoms with Gasteiger partial charge >= 0.3 is 12.8 Å². The van der Waals surface area contributed by atoms with E-state index in [-0.39, 0.29) is 35.4 Å². The van der Waals surface area contributed by atoms with Crippen LogP contribution in [0.2, 0.25) is 5.02 Å². The first kappa shape index (κ1) is 22.1. The first-order chi connectivity index (χ1) is 14.1. The molecule has 6 nitrogen and oxygen atoms in total. The lowest BCUT2D eigenvalue weighted by molar-refractivity contribution is -0.141. The van der Waals surface area contributed by atoms with Crippen molar-refractivity contribution in [1.29, 1.82) is 0 Å². The Morgan fingerprint density at radius 1 is 1.33 bits per heavy atom. The summed E-state index contributed by atoms with van der Waals surface area (Å²) in [4.78, 5) is 12.4. The van der Waals surface area contributed by atoms with Gasteiger partial charge in [0.25, 0.3) is 0 Å². The Kier molecular flexibility index (Phi) is 6.39. The number of rotatable bonds is 8. The second kappa shape index (κ2) is 8.66. The monoisotopic (exact) mass is 453 g/mol. The van der Waals surface area contributed by atoms with Crippen molar-refractivity contribution < 1.29 is 36.2 Å². The van der Waals surface area contributed by atoms with Crippen molar-refractivity contribution in [2.75, 3.05) is 11.9 Å². The van der Waals surface area contributed by atoms with Crippen LogP contribution in [-0.2, 0) is 17.5 Å². The molecule has 2 aromatic rings. The van der Waals surface area contributed by atoms with Gasteiger partial charge in [-0.15, -0.1) is 0 Å². The van der Waals surface area contributed by atoms with E-state index in [1.165, 1.54) is 18.2 Å². The molecule has 164 valence electrons. The molecule has 0 bridgehead atoms. The number of hydrogen-bond acceptors (Lipinski definition) is 4. The maximum atomic E-state index is 13.1. The molecule has 1 aliphatic carbocycles. The van der Waals surface area contributed by atoms with E-state index >= 15 is 0 Å². The minimum absolute atomic E-state index is 0.0178. The summed E-state index contributed by atoms with van der Waals surface area (Å²) in [5, 5.41) is 5.47. The molecular weight excluding hydrogens is 437 g/mol. The molecular formula is C18H17ClF5N3O3. The SMILES string of the molecule is CCOc1cc(NC(=O)Cn2nc(C(F)(F)F)c(Cl)c2C2CC2)ccc1OC(F)F.